The number of aliphatic hydroxyl groups excluding tert-OH is 2. The van der Waals surface area contributed by atoms with Crippen molar-refractivity contribution in [2.45, 2.75) is 32.4 Å². The van der Waals surface area contributed by atoms with Gasteiger partial charge in [0.1, 0.15) is 6.10 Å². The molecule has 0 rings (SSSR count). The monoisotopic (exact) mass is 279 g/mol. The quantitative estimate of drug-likeness (QED) is 0.429. The third kappa shape index (κ3) is 14.0. The summed E-state index contributed by atoms with van der Waals surface area (Å²) in [5, 5.41) is 20.9. The van der Waals surface area contributed by atoms with Crippen LogP contribution in [-0.4, -0.2) is 74.6 Å². The van der Waals surface area contributed by atoms with E-state index in [4.69, 9.17) is 24.4 Å². The maximum absolute atomic E-state index is 9.04. The van der Waals surface area contributed by atoms with E-state index in [1.165, 1.54) is 0 Å². The SMILES string of the molecule is CC(C)(C)NCCOCCOC(CO)COCCO. The fraction of sp³-hybridized carbons (Fsp3) is 1.00. The lowest BCUT2D eigenvalue weighted by Crippen LogP contribution is -2.38. The summed E-state index contributed by atoms with van der Waals surface area (Å²) in [5.74, 6) is 0. The fourth-order valence-corrected chi connectivity index (χ4v) is 1.31. The Hall–Kier alpha value is -0.240. The number of ether oxygens (including phenoxy) is 3. The van der Waals surface area contributed by atoms with Crippen LogP contribution >= 0.6 is 0 Å². The second-order valence-corrected chi connectivity index (χ2v) is 5.26. The average Bonchev–Trinajstić information content (AvgIpc) is 2.34. The molecule has 0 aliphatic rings. The molecule has 1 unspecified atom stereocenters. The number of rotatable bonds is 12. The second kappa shape index (κ2) is 11.6. The molecule has 0 heterocycles. The van der Waals surface area contributed by atoms with Gasteiger partial charge in [-0.2, -0.15) is 0 Å². The molecule has 0 bridgehead atoms. The van der Waals surface area contributed by atoms with E-state index in [0.29, 0.717) is 19.8 Å². The zero-order valence-electron chi connectivity index (χ0n) is 12.4. The van der Waals surface area contributed by atoms with Gasteiger partial charge in [0, 0.05) is 12.1 Å². The van der Waals surface area contributed by atoms with Gasteiger partial charge in [0.05, 0.1) is 46.2 Å². The highest BCUT2D eigenvalue weighted by molar-refractivity contribution is 4.69. The second-order valence-electron chi connectivity index (χ2n) is 5.26. The molecule has 0 spiro atoms. The third-order valence-corrected chi connectivity index (χ3v) is 2.23. The van der Waals surface area contributed by atoms with Gasteiger partial charge in [0.2, 0.25) is 0 Å². The Labute approximate surface area is 116 Å². The van der Waals surface area contributed by atoms with E-state index in [2.05, 4.69) is 26.1 Å². The van der Waals surface area contributed by atoms with Crippen LogP contribution in [0.15, 0.2) is 0 Å². The summed E-state index contributed by atoms with van der Waals surface area (Å²) in [6, 6.07) is 0. The minimum absolute atomic E-state index is 0.0258. The molecule has 6 heteroatoms. The van der Waals surface area contributed by atoms with E-state index in [1.807, 2.05) is 0 Å². The Bertz CT molecular complexity index is 196. The molecule has 0 aliphatic carbocycles. The van der Waals surface area contributed by atoms with Gasteiger partial charge in [-0.15, -0.1) is 0 Å². The van der Waals surface area contributed by atoms with Crippen molar-refractivity contribution in [3.63, 3.8) is 0 Å². The highest BCUT2D eigenvalue weighted by Crippen LogP contribution is 1.97. The van der Waals surface area contributed by atoms with E-state index in [0.717, 1.165) is 6.54 Å². The van der Waals surface area contributed by atoms with Gasteiger partial charge in [0.25, 0.3) is 0 Å². The van der Waals surface area contributed by atoms with Gasteiger partial charge in [-0.1, -0.05) is 0 Å². The zero-order chi connectivity index (χ0) is 14.6. The van der Waals surface area contributed by atoms with Crippen LogP contribution in [-0.2, 0) is 14.2 Å². The molecule has 19 heavy (non-hydrogen) atoms. The number of aliphatic hydroxyl groups is 2. The van der Waals surface area contributed by atoms with Crippen LogP contribution in [0.1, 0.15) is 20.8 Å². The highest BCUT2D eigenvalue weighted by atomic mass is 16.6. The summed E-state index contributed by atoms with van der Waals surface area (Å²) in [6.07, 6.45) is -0.358. The van der Waals surface area contributed by atoms with Crippen molar-refractivity contribution < 1.29 is 24.4 Å². The van der Waals surface area contributed by atoms with Gasteiger partial charge in [-0.25, -0.2) is 0 Å². The zero-order valence-corrected chi connectivity index (χ0v) is 12.4. The van der Waals surface area contributed by atoms with Crippen molar-refractivity contribution in [2.24, 2.45) is 0 Å². The molecule has 0 aromatic heterocycles. The Morgan fingerprint density at radius 3 is 2.32 bits per heavy atom. The molecule has 0 radical (unpaired) electrons. The van der Waals surface area contributed by atoms with Crippen LogP contribution in [0.3, 0.4) is 0 Å². The van der Waals surface area contributed by atoms with Gasteiger partial charge < -0.3 is 29.7 Å². The predicted octanol–water partition coefficient (Wildman–Crippen LogP) is -0.222. The molecule has 3 N–H and O–H groups in total. The first-order chi connectivity index (χ1) is 8.99. The predicted molar refractivity (Wildman–Crippen MR) is 73.3 cm³/mol. The summed E-state index contributed by atoms with van der Waals surface area (Å²) in [4.78, 5) is 0. The first kappa shape index (κ1) is 18.8. The molecule has 0 aromatic rings. The molecule has 116 valence electrons. The topological polar surface area (TPSA) is 80.2 Å². The molecule has 0 saturated heterocycles. The maximum atomic E-state index is 9.04. The summed E-state index contributed by atoms with van der Waals surface area (Å²) in [7, 11) is 0. The van der Waals surface area contributed by atoms with Crippen LogP contribution in [0, 0.1) is 0 Å². The molecule has 0 amide bonds. The molecule has 0 aromatic carbocycles. The average molecular weight is 279 g/mol. The molecule has 1 atom stereocenters. The van der Waals surface area contributed by atoms with Crippen molar-refractivity contribution >= 4 is 0 Å². The van der Waals surface area contributed by atoms with E-state index in [9.17, 15) is 0 Å². The van der Waals surface area contributed by atoms with Crippen molar-refractivity contribution in [1.82, 2.24) is 5.32 Å². The first-order valence-electron chi connectivity index (χ1n) is 6.73. The number of nitrogens with one attached hydrogen (secondary N) is 1. The van der Waals surface area contributed by atoms with Crippen LogP contribution in [0.5, 0.6) is 0 Å². The summed E-state index contributed by atoms with van der Waals surface area (Å²) < 4.78 is 15.9. The summed E-state index contributed by atoms with van der Waals surface area (Å²) in [6.45, 7) is 9.07. The normalized spacial score (nSPS) is 13.7. The maximum Gasteiger partial charge on any atom is 0.104 e. The lowest BCUT2D eigenvalue weighted by atomic mass is 10.1. The number of hydrogen-bond donors (Lipinski definition) is 3. The van der Waals surface area contributed by atoms with Crippen LogP contribution in [0.4, 0.5) is 0 Å². The van der Waals surface area contributed by atoms with Crippen LogP contribution in [0.25, 0.3) is 0 Å². The lowest BCUT2D eigenvalue weighted by Gasteiger charge is -2.20. The van der Waals surface area contributed by atoms with Gasteiger partial charge in [-0.05, 0) is 20.8 Å². The van der Waals surface area contributed by atoms with E-state index < -0.39 is 0 Å². The van der Waals surface area contributed by atoms with Gasteiger partial charge in [-0.3, -0.25) is 0 Å². The fourth-order valence-electron chi connectivity index (χ4n) is 1.31. The van der Waals surface area contributed by atoms with Crippen molar-refractivity contribution in [3.8, 4) is 0 Å². The summed E-state index contributed by atoms with van der Waals surface area (Å²) in [5.41, 5.74) is 0.103. The highest BCUT2D eigenvalue weighted by Gasteiger charge is 2.08. The lowest BCUT2D eigenvalue weighted by molar-refractivity contribution is -0.0622. The Morgan fingerprint density at radius 1 is 1.00 bits per heavy atom. The van der Waals surface area contributed by atoms with Gasteiger partial charge >= 0.3 is 0 Å². The Kier molecular flexibility index (Phi) is 11.4. The van der Waals surface area contributed by atoms with E-state index >= 15 is 0 Å². The standard InChI is InChI=1S/C13H29NO5/c1-13(2,3)14-4-6-17-8-9-19-12(10-16)11-18-7-5-15/h12,14-16H,4-11H2,1-3H3. The Balaban J connectivity index is 3.36. The summed E-state index contributed by atoms with van der Waals surface area (Å²) >= 11 is 0. The molecule has 0 fully saturated rings. The van der Waals surface area contributed by atoms with E-state index in [1.54, 1.807) is 0 Å². The van der Waals surface area contributed by atoms with Crippen LogP contribution in [0.2, 0.25) is 0 Å². The molecule has 0 saturated carbocycles. The number of hydrogen-bond acceptors (Lipinski definition) is 6. The van der Waals surface area contributed by atoms with Crippen LogP contribution < -0.4 is 5.32 Å². The molecular formula is C13H29NO5. The van der Waals surface area contributed by atoms with Crippen molar-refractivity contribution in [1.29, 1.82) is 0 Å². The molecular weight excluding hydrogens is 250 g/mol. The van der Waals surface area contributed by atoms with Crippen molar-refractivity contribution in [3.05, 3.63) is 0 Å². The van der Waals surface area contributed by atoms with Gasteiger partial charge in [0.15, 0.2) is 0 Å². The largest absolute Gasteiger partial charge is 0.394 e. The minimum Gasteiger partial charge on any atom is -0.394 e. The molecule has 6 nitrogen and oxygen atoms in total. The minimum atomic E-state index is -0.358. The van der Waals surface area contributed by atoms with Crippen molar-refractivity contribution in [2.75, 3.05) is 52.8 Å². The van der Waals surface area contributed by atoms with E-state index in [-0.39, 0.29) is 38.1 Å². The Morgan fingerprint density at radius 2 is 1.74 bits per heavy atom. The molecule has 0 aliphatic heterocycles. The third-order valence-electron chi connectivity index (χ3n) is 2.23. The first-order valence-corrected chi connectivity index (χ1v) is 6.73. The smallest absolute Gasteiger partial charge is 0.104 e.